The lowest BCUT2D eigenvalue weighted by Crippen LogP contribution is -2.24. The van der Waals surface area contributed by atoms with Gasteiger partial charge in [-0.25, -0.2) is 0 Å². The predicted octanol–water partition coefficient (Wildman–Crippen LogP) is 0.811. The minimum atomic E-state index is -3.88. The second-order valence-electron chi connectivity index (χ2n) is 2.97. The number of rotatable bonds is 4. The summed E-state index contributed by atoms with van der Waals surface area (Å²) in [6.45, 7) is 0.267. The molecule has 1 aromatic carbocycles. The van der Waals surface area contributed by atoms with Crippen LogP contribution in [-0.2, 0) is 10.1 Å². The summed E-state index contributed by atoms with van der Waals surface area (Å²) >= 11 is 0. The molecule has 0 aliphatic heterocycles. The summed E-state index contributed by atoms with van der Waals surface area (Å²) in [5.41, 5.74) is 0.896. The van der Waals surface area contributed by atoms with E-state index < -0.39 is 10.1 Å². The molecule has 14 heavy (non-hydrogen) atoms. The molecule has 0 saturated carbocycles. The molecule has 77 valence electrons. The Kier molecular flexibility index (Phi) is 3.49. The Morgan fingerprint density at radius 3 is 2.50 bits per heavy atom. The maximum Gasteiger partial charge on any atom is 0.266 e. The summed E-state index contributed by atoms with van der Waals surface area (Å²) in [6.07, 6.45) is 0. The molecule has 0 aromatic heterocycles. The van der Waals surface area contributed by atoms with Gasteiger partial charge in [-0.05, 0) is 18.2 Å². The van der Waals surface area contributed by atoms with Crippen molar-refractivity contribution in [2.24, 2.45) is 0 Å². The first kappa shape index (κ1) is 11.0. The van der Waals surface area contributed by atoms with Crippen molar-refractivity contribution in [1.82, 2.24) is 0 Å². The molecule has 0 bridgehead atoms. The van der Waals surface area contributed by atoms with Crippen LogP contribution in [0, 0.1) is 6.07 Å². The lowest BCUT2D eigenvalue weighted by Gasteiger charge is -2.17. The highest BCUT2D eigenvalue weighted by molar-refractivity contribution is 7.85. The van der Waals surface area contributed by atoms with Gasteiger partial charge in [-0.3, -0.25) is 4.55 Å². The molecule has 1 rings (SSSR count). The third-order valence-corrected chi connectivity index (χ3v) is 2.52. The first-order chi connectivity index (χ1) is 6.49. The van der Waals surface area contributed by atoms with E-state index in [-0.39, 0.29) is 12.3 Å². The summed E-state index contributed by atoms with van der Waals surface area (Å²) < 4.78 is 29.5. The zero-order valence-corrected chi connectivity index (χ0v) is 8.66. The van der Waals surface area contributed by atoms with E-state index in [1.54, 1.807) is 24.1 Å². The Bertz CT molecular complexity index is 374. The fourth-order valence-electron chi connectivity index (χ4n) is 1.01. The summed E-state index contributed by atoms with van der Waals surface area (Å²) in [6, 6.07) is 10.0. The van der Waals surface area contributed by atoms with Gasteiger partial charge in [0.25, 0.3) is 10.1 Å². The Hall–Kier alpha value is -1.07. The van der Waals surface area contributed by atoms with Gasteiger partial charge in [0.2, 0.25) is 0 Å². The number of benzene rings is 1. The number of nitrogens with zero attached hydrogens (tertiary/aromatic N) is 1. The van der Waals surface area contributed by atoms with Crippen LogP contribution in [0.1, 0.15) is 0 Å². The van der Waals surface area contributed by atoms with E-state index in [1.165, 1.54) is 0 Å². The van der Waals surface area contributed by atoms with Crippen LogP contribution < -0.4 is 4.90 Å². The predicted molar refractivity (Wildman–Crippen MR) is 55.0 cm³/mol. The molecule has 5 heteroatoms. The van der Waals surface area contributed by atoms with Gasteiger partial charge in [0.15, 0.2) is 0 Å². The van der Waals surface area contributed by atoms with Crippen molar-refractivity contribution in [1.29, 1.82) is 0 Å². The summed E-state index contributed by atoms with van der Waals surface area (Å²) in [4.78, 5) is 1.75. The van der Waals surface area contributed by atoms with Gasteiger partial charge < -0.3 is 4.90 Å². The summed E-state index contributed by atoms with van der Waals surface area (Å²) in [5.74, 6) is -0.262. The summed E-state index contributed by atoms with van der Waals surface area (Å²) in [5, 5.41) is 0. The van der Waals surface area contributed by atoms with Gasteiger partial charge in [-0.2, -0.15) is 8.42 Å². The quantitative estimate of drug-likeness (QED) is 0.753. The zero-order chi connectivity index (χ0) is 10.6. The lowest BCUT2D eigenvalue weighted by molar-refractivity contribution is 0.483. The van der Waals surface area contributed by atoms with E-state index >= 15 is 0 Å². The van der Waals surface area contributed by atoms with E-state index in [9.17, 15) is 8.42 Å². The van der Waals surface area contributed by atoms with Gasteiger partial charge in [-0.15, -0.1) is 0 Å². The average Bonchev–Trinajstić information content (AvgIpc) is 2.14. The van der Waals surface area contributed by atoms with Crippen LogP contribution in [0.15, 0.2) is 24.3 Å². The number of hydrogen-bond donors (Lipinski definition) is 1. The van der Waals surface area contributed by atoms with Gasteiger partial charge in [0.05, 0.1) is 5.75 Å². The molecule has 0 saturated heterocycles. The van der Waals surface area contributed by atoms with E-state index in [2.05, 4.69) is 6.07 Å². The third kappa shape index (κ3) is 3.76. The molecule has 0 aliphatic rings. The fourth-order valence-corrected chi connectivity index (χ4v) is 1.52. The van der Waals surface area contributed by atoms with E-state index in [0.717, 1.165) is 5.69 Å². The van der Waals surface area contributed by atoms with E-state index in [4.69, 9.17) is 4.55 Å². The van der Waals surface area contributed by atoms with Gasteiger partial charge >= 0.3 is 0 Å². The van der Waals surface area contributed by atoms with Crippen molar-refractivity contribution in [3.63, 3.8) is 0 Å². The van der Waals surface area contributed by atoms with Gasteiger partial charge in [-0.1, -0.05) is 12.1 Å². The molecule has 4 nitrogen and oxygen atoms in total. The Balaban J connectivity index is 2.56. The molecule has 0 unspecified atom stereocenters. The van der Waals surface area contributed by atoms with Crippen LogP contribution in [-0.4, -0.2) is 32.3 Å². The SMILES string of the molecule is CN(CCS(=O)(=O)O)c1cc[c]cc1. The number of anilines is 1. The van der Waals surface area contributed by atoms with Crippen LogP contribution >= 0.6 is 0 Å². The number of hydrogen-bond acceptors (Lipinski definition) is 3. The molecule has 1 radical (unpaired) electrons. The largest absolute Gasteiger partial charge is 0.373 e. The zero-order valence-electron chi connectivity index (χ0n) is 7.84. The van der Waals surface area contributed by atoms with Crippen LogP contribution in [0.2, 0.25) is 0 Å². The monoisotopic (exact) mass is 214 g/mol. The normalized spacial score (nSPS) is 11.3. The highest BCUT2D eigenvalue weighted by Crippen LogP contribution is 2.09. The van der Waals surface area contributed by atoms with Crippen molar-refractivity contribution < 1.29 is 13.0 Å². The van der Waals surface area contributed by atoms with Crippen molar-refractivity contribution in [3.05, 3.63) is 30.3 Å². The van der Waals surface area contributed by atoms with Gasteiger partial charge in [0.1, 0.15) is 0 Å². The van der Waals surface area contributed by atoms with Crippen molar-refractivity contribution in [2.45, 2.75) is 0 Å². The molecule has 0 heterocycles. The fraction of sp³-hybridized carbons (Fsp3) is 0.333. The Morgan fingerprint density at radius 1 is 1.43 bits per heavy atom. The van der Waals surface area contributed by atoms with Crippen LogP contribution in [0.3, 0.4) is 0 Å². The molecule has 1 aromatic rings. The molecular formula is C9H12NO3S. The maximum absolute atomic E-state index is 10.5. The van der Waals surface area contributed by atoms with E-state index in [0.29, 0.717) is 0 Å². The second-order valence-corrected chi connectivity index (χ2v) is 4.54. The molecule has 1 N–H and O–H groups in total. The minimum Gasteiger partial charge on any atom is -0.373 e. The van der Waals surface area contributed by atoms with Gasteiger partial charge in [0, 0.05) is 19.3 Å². The van der Waals surface area contributed by atoms with Crippen LogP contribution in [0.5, 0.6) is 0 Å². The Morgan fingerprint density at radius 2 is 2.00 bits per heavy atom. The molecule has 0 amide bonds. The summed E-state index contributed by atoms with van der Waals surface area (Å²) in [7, 11) is -2.11. The standard InChI is InChI=1S/C9H12NO3S/c1-10(7-8-14(11,12)13)9-5-3-2-4-6-9/h3-6H,7-8H2,1H3,(H,11,12,13). The first-order valence-corrected chi connectivity index (χ1v) is 5.72. The van der Waals surface area contributed by atoms with Crippen molar-refractivity contribution in [2.75, 3.05) is 24.2 Å². The van der Waals surface area contributed by atoms with Crippen molar-refractivity contribution >= 4 is 15.8 Å². The molecular weight excluding hydrogens is 202 g/mol. The molecule has 0 atom stereocenters. The Labute approximate surface area is 83.9 Å². The maximum atomic E-state index is 10.5. The second kappa shape index (κ2) is 4.43. The topological polar surface area (TPSA) is 57.6 Å². The molecule has 0 fully saturated rings. The average molecular weight is 214 g/mol. The van der Waals surface area contributed by atoms with E-state index in [1.807, 2.05) is 12.1 Å². The van der Waals surface area contributed by atoms with Crippen LogP contribution in [0.4, 0.5) is 5.69 Å². The molecule has 0 aliphatic carbocycles. The first-order valence-electron chi connectivity index (χ1n) is 4.11. The highest BCUT2D eigenvalue weighted by Gasteiger charge is 2.07. The van der Waals surface area contributed by atoms with Crippen LogP contribution in [0.25, 0.3) is 0 Å². The lowest BCUT2D eigenvalue weighted by atomic mass is 10.3. The highest BCUT2D eigenvalue weighted by atomic mass is 32.2. The smallest absolute Gasteiger partial charge is 0.266 e. The minimum absolute atomic E-state index is 0.262. The van der Waals surface area contributed by atoms with Crippen molar-refractivity contribution in [3.8, 4) is 0 Å². The third-order valence-electron chi connectivity index (χ3n) is 1.83. The molecule has 0 spiro atoms.